The lowest BCUT2D eigenvalue weighted by atomic mass is 9.82. The quantitative estimate of drug-likeness (QED) is 0.902. The molecule has 0 saturated heterocycles. The lowest BCUT2D eigenvalue weighted by molar-refractivity contribution is 0.0917. The minimum atomic E-state index is 0.266. The van der Waals surface area contributed by atoms with Crippen LogP contribution in [0.5, 0.6) is 6.01 Å². The molecule has 1 aliphatic rings. The molecule has 1 fully saturated rings. The summed E-state index contributed by atoms with van der Waals surface area (Å²) in [7, 11) is 0. The van der Waals surface area contributed by atoms with Crippen LogP contribution in [0.25, 0.3) is 0 Å². The molecule has 1 aromatic rings. The number of hydrogen-bond donors (Lipinski definition) is 1. The summed E-state index contributed by atoms with van der Waals surface area (Å²) in [5, 5.41) is 3.39. The fourth-order valence-corrected chi connectivity index (χ4v) is 3.13. The molecule has 0 spiro atoms. The van der Waals surface area contributed by atoms with Crippen LogP contribution >= 0.6 is 0 Å². The zero-order chi connectivity index (χ0) is 15.4. The highest BCUT2D eigenvalue weighted by Gasteiger charge is 2.25. The molecule has 1 aliphatic carbocycles. The molecule has 2 atom stereocenters. The predicted molar refractivity (Wildman–Crippen MR) is 85.3 cm³/mol. The predicted octanol–water partition coefficient (Wildman–Crippen LogP) is 3.49. The largest absolute Gasteiger partial charge is 0.460 e. The van der Waals surface area contributed by atoms with Crippen molar-refractivity contribution in [1.29, 1.82) is 0 Å². The summed E-state index contributed by atoms with van der Waals surface area (Å²) < 4.78 is 6.01. The van der Waals surface area contributed by atoms with E-state index < -0.39 is 0 Å². The maximum atomic E-state index is 6.01. The second-order valence-electron chi connectivity index (χ2n) is 6.96. The average Bonchev–Trinajstić information content (AvgIpc) is 2.36. The first-order valence-electron chi connectivity index (χ1n) is 8.16. The van der Waals surface area contributed by atoms with E-state index in [1.165, 1.54) is 6.42 Å². The van der Waals surface area contributed by atoms with E-state index in [1.54, 1.807) is 0 Å². The topological polar surface area (TPSA) is 47.0 Å². The Hall–Kier alpha value is -1.16. The average molecular weight is 291 g/mol. The second-order valence-corrected chi connectivity index (χ2v) is 6.96. The highest BCUT2D eigenvalue weighted by Crippen LogP contribution is 2.30. The molecule has 4 heteroatoms. The molecule has 1 heterocycles. The molecule has 1 saturated carbocycles. The molecule has 2 unspecified atom stereocenters. The van der Waals surface area contributed by atoms with Crippen molar-refractivity contribution in [2.24, 2.45) is 11.8 Å². The first kappa shape index (κ1) is 16.2. The molecule has 4 nitrogen and oxygen atoms in total. The van der Waals surface area contributed by atoms with Crippen LogP contribution in [0.15, 0.2) is 6.20 Å². The van der Waals surface area contributed by atoms with Gasteiger partial charge in [0.25, 0.3) is 0 Å². The van der Waals surface area contributed by atoms with Gasteiger partial charge in [0.15, 0.2) is 0 Å². The highest BCUT2D eigenvalue weighted by molar-refractivity contribution is 5.17. The van der Waals surface area contributed by atoms with Gasteiger partial charge in [-0.25, -0.2) is 9.97 Å². The van der Waals surface area contributed by atoms with Crippen molar-refractivity contribution in [3.63, 3.8) is 0 Å². The number of aromatic nitrogens is 2. The molecular weight excluding hydrogens is 262 g/mol. The van der Waals surface area contributed by atoms with Gasteiger partial charge in [0.2, 0.25) is 0 Å². The lowest BCUT2D eigenvalue weighted by Gasteiger charge is -2.31. The van der Waals surface area contributed by atoms with Gasteiger partial charge in [0.05, 0.1) is 0 Å². The normalized spacial score (nSPS) is 26.1. The fraction of sp³-hybridized carbons (Fsp3) is 0.765. The van der Waals surface area contributed by atoms with Crippen LogP contribution in [0.3, 0.4) is 0 Å². The second kappa shape index (κ2) is 7.21. The molecule has 0 amide bonds. The van der Waals surface area contributed by atoms with Crippen molar-refractivity contribution in [2.75, 3.05) is 0 Å². The number of ether oxygens (including phenoxy) is 1. The molecule has 1 aromatic heterocycles. The van der Waals surface area contributed by atoms with Crippen LogP contribution in [0.1, 0.15) is 58.2 Å². The van der Waals surface area contributed by atoms with Gasteiger partial charge in [-0.15, -0.1) is 0 Å². The summed E-state index contributed by atoms with van der Waals surface area (Å²) in [5.74, 6) is 1.46. The maximum absolute atomic E-state index is 6.01. The van der Waals surface area contributed by atoms with Gasteiger partial charge in [-0.05, 0) is 38.0 Å². The van der Waals surface area contributed by atoms with E-state index in [1.807, 2.05) is 13.1 Å². The van der Waals surface area contributed by atoms with E-state index >= 15 is 0 Å². The Bertz CT molecular complexity index is 451. The molecule has 21 heavy (non-hydrogen) atoms. The number of hydrogen-bond acceptors (Lipinski definition) is 4. The van der Waals surface area contributed by atoms with Crippen LogP contribution in [0, 0.1) is 18.8 Å². The number of nitrogens with one attached hydrogen (secondary N) is 1. The van der Waals surface area contributed by atoms with Gasteiger partial charge in [-0.2, -0.15) is 0 Å². The Morgan fingerprint density at radius 1 is 1.24 bits per heavy atom. The van der Waals surface area contributed by atoms with Crippen molar-refractivity contribution in [3.8, 4) is 6.01 Å². The number of nitrogens with zero attached hydrogens (tertiary/aromatic N) is 2. The van der Waals surface area contributed by atoms with E-state index in [0.717, 1.165) is 42.5 Å². The minimum Gasteiger partial charge on any atom is -0.460 e. The van der Waals surface area contributed by atoms with E-state index in [4.69, 9.17) is 4.74 Å². The Morgan fingerprint density at radius 2 is 1.90 bits per heavy atom. The van der Waals surface area contributed by atoms with Gasteiger partial charge in [0.1, 0.15) is 6.10 Å². The summed E-state index contributed by atoms with van der Waals surface area (Å²) in [6.07, 6.45) is 5.69. The summed E-state index contributed by atoms with van der Waals surface area (Å²) in [6.45, 7) is 11.7. The van der Waals surface area contributed by atoms with Crippen LogP contribution in [-0.4, -0.2) is 22.1 Å². The minimum absolute atomic E-state index is 0.266. The van der Waals surface area contributed by atoms with Crippen LogP contribution in [-0.2, 0) is 6.54 Å². The van der Waals surface area contributed by atoms with E-state index in [0.29, 0.717) is 12.1 Å². The number of aryl methyl sites for hydroxylation is 1. The standard InChI is InChI=1S/C17H29N3O/c1-11(2)18-9-15-10-19-17(20-14(15)5)21-16-7-12(3)6-13(4)8-16/h10-13,16,18H,6-9H2,1-5H3. The van der Waals surface area contributed by atoms with Crippen molar-refractivity contribution < 1.29 is 4.74 Å². The molecule has 0 bridgehead atoms. The lowest BCUT2D eigenvalue weighted by Crippen LogP contribution is -2.29. The smallest absolute Gasteiger partial charge is 0.316 e. The molecule has 2 rings (SSSR count). The molecule has 1 N–H and O–H groups in total. The van der Waals surface area contributed by atoms with Gasteiger partial charge in [-0.3, -0.25) is 0 Å². The molecule has 0 radical (unpaired) electrons. The Morgan fingerprint density at radius 3 is 2.48 bits per heavy atom. The Labute approximate surface area is 128 Å². The van der Waals surface area contributed by atoms with Crippen LogP contribution < -0.4 is 10.1 Å². The Kier molecular flexibility index (Phi) is 5.57. The van der Waals surface area contributed by atoms with Crippen molar-refractivity contribution >= 4 is 0 Å². The summed E-state index contributed by atoms with van der Waals surface area (Å²) in [6, 6.07) is 0.998. The van der Waals surface area contributed by atoms with E-state index in [2.05, 4.69) is 43.0 Å². The van der Waals surface area contributed by atoms with Crippen LogP contribution in [0.4, 0.5) is 0 Å². The van der Waals surface area contributed by atoms with Gasteiger partial charge in [0, 0.05) is 30.0 Å². The molecule has 0 aliphatic heterocycles. The van der Waals surface area contributed by atoms with Gasteiger partial charge in [-0.1, -0.05) is 27.7 Å². The summed E-state index contributed by atoms with van der Waals surface area (Å²) in [4.78, 5) is 8.91. The van der Waals surface area contributed by atoms with E-state index in [9.17, 15) is 0 Å². The van der Waals surface area contributed by atoms with Crippen LogP contribution in [0.2, 0.25) is 0 Å². The Balaban J connectivity index is 1.96. The summed E-state index contributed by atoms with van der Waals surface area (Å²) in [5.41, 5.74) is 2.14. The highest BCUT2D eigenvalue weighted by atomic mass is 16.5. The summed E-state index contributed by atoms with van der Waals surface area (Å²) >= 11 is 0. The van der Waals surface area contributed by atoms with Gasteiger partial charge < -0.3 is 10.1 Å². The fourth-order valence-electron chi connectivity index (χ4n) is 3.13. The third-order valence-corrected chi connectivity index (χ3v) is 4.17. The molecule has 0 aromatic carbocycles. The SMILES string of the molecule is Cc1nc(OC2CC(C)CC(C)C2)ncc1CNC(C)C. The van der Waals surface area contributed by atoms with Crippen molar-refractivity contribution in [3.05, 3.63) is 17.5 Å². The first-order valence-corrected chi connectivity index (χ1v) is 8.16. The zero-order valence-corrected chi connectivity index (χ0v) is 14.0. The third kappa shape index (κ3) is 4.95. The molecule has 118 valence electrons. The molecular formula is C17H29N3O. The maximum Gasteiger partial charge on any atom is 0.316 e. The number of rotatable bonds is 5. The first-order chi connectivity index (χ1) is 9.94. The third-order valence-electron chi connectivity index (χ3n) is 4.17. The van der Waals surface area contributed by atoms with Crippen molar-refractivity contribution in [2.45, 2.75) is 72.6 Å². The van der Waals surface area contributed by atoms with E-state index in [-0.39, 0.29) is 6.10 Å². The zero-order valence-electron chi connectivity index (χ0n) is 14.0. The van der Waals surface area contributed by atoms with Gasteiger partial charge >= 0.3 is 6.01 Å². The monoisotopic (exact) mass is 291 g/mol. The van der Waals surface area contributed by atoms with Crippen molar-refractivity contribution in [1.82, 2.24) is 15.3 Å².